The Bertz CT molecular complexity index is 600. The molecule has 1 N–H and O–H groups in total. The molecule has 14 heteroatoms. The molecule has 0 bridgehead atoms. The number of nitrogens with zero attached hydrogens (tertiary/aromatic N) is 4. The van der Waals surface area contributed by atoms with E-state index in [1.165, 1.54) is 0 Å². The molecule has 2 rings (SSSR count). The van der Waals surface area contributed by atoms with E-state index in [2.05, 4.69) is 114 Å². The summed E-state index contributed by atoms with van der Waals surface area (Å²) in [6.07, 6.45) is 5.08. The van der Waals surface area contributed by atoms with Gasteiger partial charge in [-0.05, 0) is 27.7 Å². The van der Waals surface area contributed by atoms with Gasteiger partial charge in [0.1, 0.15) is -0.565 Å². The maximum Gasteiger partial charge on any atom is 0.121 e. The molecule has 0 aromatic heterocycles. The van der Waals surface area contributed by atoms with Crippen molar-refractivity contribution in [1.82, 2.24) is 9.80 Å². The Morgan fingerprint density at radius 1 is 0.680 bits per heavy atom. The number of aliphatic imine (C=N–C) groups is 2. The monoisotopic (exact) mass is 1870 g/mol. The van der Waals surface area contributed by atoms with E-state index in [0.29, 0.717) is -0.565 Å². The normalized spacial score (nSPS) is 7.06. The third-order valence-corrected chi connectivity index (χ3v) is 2.03. The molecule has 2 aromatic carbocycles. The van der Waals surface area contributed by atoms with Crippen LogP contribution < -0.4 is 0 Å². The van der Waals surface area contributed by atoms with Gasteiger partial charge in [-0.1, -0.05) is 182 Å². The molecule has 0 saturated carbocycles. The molecule has 0 heterocycles. The van der Waals surface area contributed by atoms with E-state index in [-0.39, 0.29) is 124 Å². The van der Waals surface area contributed by atoms with Crippen LogP contribution >= 0.6 is 90.4 Å². The summed E-state index contributed by atoms with van der Waals surface area (Å²) in [7, 11) is 11.2. The first-order valence-corrected chi connectivity index (χ1v) is 18.5. The number of halogens is 4. The third-order valence-electron chi connectivity index (χ3n) is 2.03. The maximum atomic E-state index is 8.06. The SMILES string of the molecule is C.C=CC.CC.CC.CC(C)O.CC(I)(I)I.CN=CN(C)C.CN=CN(C)C.C[CH-]I.[CH3-].[V].[W].[W].[W].[W].c1ccccc1.c1ccccc1. The second kappa shape index (κ2) is 104. The molecule has 5 nitrogen and oxygen atoms in total. The first kappa shape index (κ1) is 99.4. The predicted octanol–water partition coefficient (Wildman–Crippen LogP) is 13.1. The van der Waals surface area contributed by atoms with Crippen molar-refractivity contribution in [1.29, 1.82) is 0 Å². The van der Waals surface area contributed by atoms with Gasteiger partial charge in [0.25, 0.3) is 0 Å². The van der Waals surface area contributed by atoms with Gasteiger partial charge in [-0.15, -0.1) is 6.58 Å². The third kappa shape index (κ3) is 286. The number of alkyl halides is 3. The van der Waals surface area contributed by atoms with E-state index in [0.717, 1.165) is 0 Å². The van der Waals surface area contributed by atoms with Crippen molar-refractivity contribution in [3.8, 4) is 0 Å². The number of aliphatic hydroxyl groups excluding tert-OH is 1. The van der Waals surface area contributed by atoms with E-state index in [4.69, 9.17) is 5.11 Å². The van der Waals surface area contributed by atoms with Crippen LogP contribution in [0.1, 0.15) is 69.7 Å². The molecular formula is C36H72I4N4OVW4-2. The van der Waals surface area contributed by atoms with Gasteiger partial charge < -0.3 is 44.9 Å². The van der Waals surface area contributed by atoms with Gasteiger partial charge in [-0.2, -0.15) is 6.92 Å². The van der Waals surface area contributed by atoms with Crippen LogP contribution in [0.5, 0.6) is 0 Å². The fourth-order valence-electron chi connectivity index (χ4n) is 1.23. The summed E-state index contributed by atoms with van der Waals surface area (Å²) >= 11 is 9.22. The Kier molecular flexibility index (Phi) is 208. The minimum atomic E-state index is -0.167. The van der Waals surface area contributed by atoms with Crippen molar-refractivity contribution >= 4 is 103 Å². The van der Waals surface area contributed by atoms with E-state index in [1.807, 2.05) is 157 Å². The molecule has 50 heavy (non-hydrogen) atoms. The summed E-state index contributed by atoms with van der Waals surface area (Å²) in [6, 6.07) is 24.0. The number of rotatable bonds is 2. The van der Waals surface area contributed by atoms with Crippen LogP contribution in [0.4, 0.5) is 0 Å². The molecule has 301 valence electrons. The second-order valence-electron chi connectivity index (χ2n) is 7.49. The summed E-state index contributed by atoms with van der Waals surface area (Å²) in [4.78, 5) is 11.2. The number of allylic oxidation sites excluding steroid dienone is 1. The van der Waals surface area contributed by atoms with Gasteiger partial charge in [0.2, 0.25) is 0 Å². The summed E-state index contributed by atoms with van der Waals surface area (Å²) in [5, 5.41) is 8.06. The summed E-state index contributed by atoms with van der Waals surface area (Å²) in [5.74, 6) is 0. The zero-order valence-electron chi connectivity index (χ0n) is 32.9. The van der Waals surface area contributed by atoms with Gasteiger partial charge >= 0.3 is 0 Å². The molecule has 0 fully saturated rings. The van der Waals surface area contributed by atoms with E-state index < -0.39 is 0 Å². The first-order chi connectivity index (χ1) is 20.1. The predicted molar refractivity (Wildman–Crippen MR) is 253 cm³/mol. The zero-order valence-corrected chi connectivity index (χ0v) is 54.6. The molecule has 2 aromatic rings. The second-order valence-corrected chi connectivity index (χ2v) is 21.4. The van der Waals surface area contributed by atoms with Crippen molar-refractivity contribution in [2.45, 2.75) is 75.3 Å². The number of hydrogen-bond acceptors (Lipinski definition) is 3. The van der Waals surface area contributed by atoms with Crippen LogP contribution in [0.15, 0.2) is 95.4 Å². The van der Waals surface area contributed by atoms with Crippen molar-refractivity contribution in [2.24, 2.45) is 9.98 Å². The molecular weight excluding hydrogens is 1800 g/mol. The molecule has 0 unspecified atom stereocenters. The quantitative estimate of drug-likeness (QED) is 0.0814. The molecule has 0 aliphatic heterocycles. The summed E-state index contributed by atoms with van der Waals surface area (Å²) in [5.41, 5.74) is 0. The number of benzene rings is 2. The van der Waals surface area contributed by atoms with Crippen LogP contribution in [0.3, 0.4) is 0 Å². The van der Waals surface area contributed by atoms with Crippen LogP contribution in [-0.2, 0) is 103 Å². The zero-order chi connectivity index (χ0) is 36.0. The average molecular weight is 1870 g/mol. The van der Waals surface area contributed by atoms with Gasteiger partial charge in [0, 0.05) is 151 Å². The molecule has 0 atom stereocenters. The van der Waals surface area contributed by atoms with Crippen LogP contribution in [0, 0.1) is 11.9 Å². The van der Waals surface area contributed by atoms with E-state index >= 15 is 0 Å². The molecule has 1 radical (unpaired) electrons. The Balaban J connectivity index is -0.0000000210. The van der Waals surface area contributed by atoms with Crippen molar-refractivity contribution in [3.05, 3.63) is 97.3 Å². The standard InChI is InChI=1S/2C6H6.2C4H10N2.C3H8O.C3H6.C2H3I3.C2H4I.2C2H6.CH4.CH3.V.4W/c2*1-2-4-6-5-3-1;2*1-5-4-6(2)3;1-3(2)4;1-3-2;1-2(3,4)5;1-2-3;2*1-2;;;;;;;/h2*1-6H;2*4H,1-3H3;3-4H,1-2H3;3H,1H2,2H3;1H3;2H,1H3;2*1-2H3;1H4;1H3;;;;;/q;;;;;;;-1;;;;-1;;;;;. The Hall–Kier alpha value is 3.34. The van der Waals surface area contributed by atoms with E-state index in [9.17, 15) is 0 Å². The summed E-state index contributed by atoms with van der Waals surface area (Å²) in [6.45, 7) is 20.8. The number of hydrogen-bond donors (Lipinski definition) is 1. The Labute approximate surface area is 438 Å². The molecule has 0 saturated heterocycles. The summed E-state index contributed by atoms with van der Waals surface area (Å²) < 4.78 is 2.38. The minimum absolute atomic E-state index is 0. The van der Waals surface area contributed by atoms with Crippen molar-refractivity contribution in [2.75, 3.05) is 42.3 Å². The smallest absolute Gasteiger partial charge is 0.121 e. The Morgan fingerprint density at radius 2 is 0.760 bits per heavy atom. The van der Waals surface area contributed by atoms with Crippen LogP contribution in [-0.4, -0.2) is 75.4 Å². The van der Waals surface area contributed by atoms with Gasteiger partial charge in [0.05, 0.1) is 12.7 Å². The fraction of sp³-hybridized carbons (Fsp3) is 0.500. The molecule has 0 aliphatic carbocycles. The van der Waals surface area contributed by atoms with Crippen molar-refractivity contribution in [3.63, 3.8) is 0 Å². The largest absolute Gasteiger partial charge is 0.394 e. The minimum Gasteiger partial charge on any atom is -0.394 e. The van der Waals surface area contributed by atoms with Gasteiger partial charge in [0.15, 0.2) is 0 Å². The maximum absolute atomic E-state index is 8.06. The molecule has 0 spiro atoms. The number of aliphatic hydroxyl groups is 1. The average Bonchev–Trinajstić information content (AvgIpc) is 2.94. The van der Waals surface area contributed by atoms with E-state index in [1.54, 1.807) is 46.7 Å². The van der Waals surface area contributed by atoms with Gasteiger partial charge in [-0.3, -0.25) is 14.4 Å². The van der Waals surface area contributed by atoms with Crippen LogP contribution in [0.25, 0.3) is 0 Å². The molecule has 0 amide bonds. The first-order valence-electron chi connectivity index (χ1n) is 14.0. The topological polar surface area (TPSA) is 51.4 Å². The fourth-order valence-corrected chi connectivity index (χ4v) is 1.23. The van der Waals surface area contributed by atoms with Crippen molar-refractivity contribution < 1.29 is 108 Å². The van der Waals surface area contributed by atoms with Crippen LogP contribution in [0.2, 0.25) is 0 Å². The molecule has 0 aliphatic rings. The Morgan fingerprint density at radius 3 is 0.780 bits per heavy atom. The van der Waals surface area contributed by atoms with Gasteiger partial charge in [-0.25, -0.2) is 0 Å².